The normalized spacial score (nSPS) is 15.7. The Balaban J connectivity index is 1.28. The van der Waals surface area contributed by atoms with Gasteiger partial charge in [0, 0.05) is 0 Å². The summed E-state index contributed by atoms with van der Waals surface area (Å²) in [5, 5.41) is 23.6. The van der Waals surface area contributed by atoms with Crippen LogP contribution in [-0.2, 0) is 21.3 Å². The maximum Gasteiger partial charge on any atom is 0.120 e. The molecule has 6 aromatic rings. The Hall–Kier alpha value is -4.72. The molecule has 0 amide bonds. The first-order valence-corrected chi connectivity index (χ1v) is 18.3. The maximum absolute atomic E-state index is 9.56. The molecule has 2 N–H and O–H groups in total. The van der Waals surface area contributed by atoms with Gasteiger partial charge in [-0.2, -0.15) is 0 Å². The van der Waals surface area contributed by atoms with Crippen LogP contribution in [0.25, 0.3) is 21.5 Å². The number of hydrogen-bond donors (Lipinski definition) is 2. The first-order chi connectivity index (χ1) is 25.2. The summed E-state index contributed by atoms with van der Waals surface area (Å²) in [6.07, 6.45) is -0.397. The van der Waals surface area contributed by atoms with E-state index in [2.05, 4.69) is 109 Å². The molecule has 0 saturated heterocycles. The highest BCUT2D eigenvalue weighted by molar-refractivity contribution is 5.88. The number of hydrogen-bond acceptors (Lipinski definition) is 6. The van der Waals surface area contributed by atoms with E-state index in [1.54, 1.807) is 13.8 Å². The van der Waals surface area contributed by atoms with E-state index < -0.39 is 17.6 Å². The first kappa shape index (κ1) is 35.7. The molecule has 0 fully saturated rings. The van der Waals surface area contributed by atoms with Gasteiger partial charge in [-0.15, -0.1) is 0 Å². The molecule has 0 aliphatic heterocycles. The van der Waals surface area contributed by atoms with Gasteiger partial charge in [0.05, 0.1) is 43.0 Å². The molecule has 4 atom stereocenters. The smallest absolute Gasteiger partial charge is 0.120 e. The van der Waals surface area contributed by atoms with E-state index in [1.807, 2.05) is 26.0 Å². The zero-order chi connectivity index (χ0) is 36.2. The second-order valence-electron chi connectivity index (χ2n) is 14.3. The molecule has 1 aliphatic carbocycles. The van der Waals surface area contributed by atoms with E-state index in [0.29, 0.717) is 13.2 Å². The number of rotatable bonds is 14. The van der Waals surface area contributed by atoms with Gasteiger partial charge in [0.2, 0.25) is 0 Å². The Morgan fingerprint density at radius 3 is 1.35 bits per heavy atom. The van der Waals surface area contributed by atoms with Crippen LogP contribution in [0.3, 0.4) is 0 Å². The zero-order valence-corrected chi connectivity index (χ0v) is 30.4. The molecule has 6 heteroatoms. The number of benzene rings is 6. The van der Waals surface area contributed by atoms with E-state index in [4.69, 9.17) is 18.9 Å². The van der Waals surface area contributed by atoms with Crippen molar-refractivity contribution in [2.45, 2.75) is 63.9 Å². The summed E-state index contributed by atoms with van der Waals surface area (Å²) < 4.78 is 23.6. The summed E-state index contributed by atoms with van der Waals surface area (Å²) in [6.45, 7) is 8.71. The lowest BCUT2D eigenvalue weighted by Gasteiger charge is -2.42. The fraction of sp³-hybridized carbons (Fsp3) is 0.304. The summed E-state index contributed by atoms with van der Waals surface area (Å²) in [5.41, 5.74) is 7.11. The summed E-state index contributed by atoms with van der Waals surface area (Å²) in [6, 6.07) is 43.9. The predicted octanol–water partition coefficient (Wildman–Crippen LogP) is 8.61. The van der Waals surface area contributed by atoms with Crippen molar-refractivity contribution in [2.75, 3.05) is 26.4 Å². The Labute approximate surface area is 306 Å². The molecule has 4 unspecified atom stereocenters. The molecule has 52 heavy (non-hydrogen) atoms. The summed E-state index contributed by atoms with van der Waals surface area (Å²) >= 11 is 0. The Morgan fingerprint density at radius 2 is 0.904 bits per heavy atom. The molecular formula is C46H48O6. The van der Waals surface area contributed by atoms with Crippen LogP contribution in [0.1, 0.15) is 61.1 Å². The maximum atomic E-state index is 9.56. The SMILES string of the molecule is CC(O)COC(C)COc1ccc2cc(C3(c4ccc5cc(OCC(C)OCC(C)O)ccc5c4)c4ccccc4Cc4ccccc43)ccc2c1. The zero-order valence-electron chi connectivity index (χ0n) is 30.4. The third-order valence-corrected chi connectivity index (χ3v) is 9.93. The number of aliphatic hydroxyl groups excluding tert-OH is 2. The molecule has 0 spiro atoms. The summed E-state index contributed by atoms with van der Waals surface area (Å²) in [4.78, 5) is 0. The van der Waals surface area contributed by atoms with Gasteiger partial charge in [-0.3, -0.25) is 0 Å². The molecule has 0 saturated carbocycles. The summed E-state index contributed by atoms with van der Waals surface area (Å²) in [7, 11) is 0. The van der Waals surface area contributed by atoms with Crippen LogP contribution in [-0.4, -0.2) is 61.1 Å². The fourth-order valence-electron chi connectivity index (χ4n) is 7.44. The van der Waals surface area contributed by atoms with Crippen molar-refractivity contribution in [3.05, 3.63) is 155 Å². The van der Waals surface area contributed by atoms with Gasteiger partial charge >= 0.3 is 0 Å². The average molecular weight is 697 g/mol. The van der Waals surface area contributed by atoms with Crippen molar-refractivity contribution in [1.29, 1.82) is 0 Å². The largest absolute Gasteiger partial charge is 0.491 e. The molecule has 0 aromatic heterocycles. The topological polar surface area (TPSA) is 77.4 Å². The molecule has 6 aromatic carbocycles. The number of aliphatic hydroxyl groups is 2. The van der Waals surface area contributed by atoms with Crippen LogP contribution < -0.4 is 9.47 Å². The highest BCUT2D eigenvalue weighted by atomic mass is 16.5. The van der Waals surface area contributed by atoms with Crippen LogP contribution in [0.2, 0.25) is 0 Å². The monoisotopic (exact) mass is 696 g/mol. The predicted molar refractivity (Wildman–Crippen MR) is 208 cm³/mol. The number of ether oxygens (including phenoxy) is 4. The lowest BCUT2D eigenvalue weighted by molar-refractivity contribution is -0.0132. The van der Waals surface area contributed by atoms with Crippen molar-refractivity contribution in [3.63, 3.8) is 0 Å². The molecule has 7 rings (SSSR count). The lowest BCUT2D eigenvalue weighted by Crippen LogP contribution is -2.36. The van der Waals surface area contributed by atoms with Gasteiger partial charge in [0.15, 0.2) is 0 Å². The average Bonchev–Trinajstić information content (AvgIpc) is 3.16. The van der Waals surface area contributed by atoms with Crippen molar-refractivity contribution in [3.8, 4) is 11.5 Å². The van der Waals surface area contributed by atoms with Gasteiger partial charge in [-0.1, -0.05) is 84.9 Å². The van der Waals surface area contributed by atoms with Crippen molar-refractivity contribution < 1.29 is 29.2 Å². The second kappa shape index (κ2) is 15.5. The molecule has 268 valence electrons. The van der Waals surface area contributed by atoms with Crippen molar-refractivity contribution >= 4 is 21.5 Å². The summed E-state index contributed by atoms with van der Waals surface area (Å²) in [5.74, 6) is 1.57. The lowest BCUT2D eigenvalue weighted by atomic mass is 9.59. The van der Waals surface area contributed by atoms with Crippen molar-refractivity contribution in [1.82, 2.24) is 0 Å². The van der Waals surface area contributed by atoms with Gasteiger partial charge in [0.25, 0.3) is 0 Å². The van der Waals surface area contributed by atoms with Gasteiger partial charge < -0.3 is 29.2 Å². The second-order valence-corrected chi connectivity index (χ2v) is 14.3. The van der Waals surface area contributed by atoms with Crippen LogP contribution >= 0.6 is 0 Å². The molecular weight excluding hydrogens is 648 g/mol. The van der Waals surface area contributed by atoms with Crippen molar-refractivity contribution in [2.24, 2.45) is 0 Å². The van der Waals surface area contributed by atoms with Gasteiger partial charge in [-0.25, -0.2) is 0 Å². The quantitative estimate of drug-likeness (QED) is 0.119. The minimum absolute atomic E-state index is 0.135. The number of fused-ring (bicyclic) bond motifs is 4. The Bertz CT molecular complexity index is 2000. The highest BCUT2D eigenvalue weighted by Gasteiger charge is 2.43. The van der Waals surface area contributed by atoms with E-state index >= 15 is 0 Å². The fourth-order valence-corrected chi connectivity index (χ4v) is 7.44. The third kappa shape index (κ3) is 7.43. The molecule has 0 bridgehead atoms. The van der Waals surface area contributed by atoms with Crippen LogP contribution in [0.5, 0.6) is 11.5 Å². The van der Waals surface area contributed by atoms with E-state index in [9.17, 15) is 10.2 Å². The molecule has 1 aliphatic rings. The van der Waals surface area contributed by atoms with E-state index in [1.165, 1.54) is 33.4 Å². The van der Waals surface area contributed by atoms with Crippen LogP contribution in [0.15, 0.2) is 121 Å². The molecule has 0 radical (unpaired) electrons. The minimum Gasteiger partial charge on any atom is -0.491 e. The van der Waals surface area contributed by atoms with Gasteiger partial charge in [-0.05, 0) is 125 Å². The highest BCUT2D eigenvalue weighted by Crippen LogP contribution is 2.51. The van der Waals surface area contributed by atoms with Crippen LogP contribution in [0.4, 0.5) is 0 Å². The molecule has 0 heterocycles. The molecule has 6 nitrogen and oxygen atoms in total. The third-order valence-electron chi connectivity index (χ3n) is 9.93. The Kier molecular flexibility index (Phi) is 10.6. The van der Waals surface area contributed by atoms with E-state index in [-0.39, 0.29) is 25.4 Å². The Morgan fingerprint density at radius 1 is 0.500 bits per heavy atom. The van der Waals surface area contributed by atoms with E-state index in [0.717, 1.165) is 39.5 Å². The van der Waals surface area contributed by atoms with Crippen LogP contribution in [0, 0.1) is 0 Å². The standard InChI is InChI=1S/C46H48O6/c1-30(47)26-49-32(3)28-51-42-19-15-34-22-40(17-13-36(34)24-42)46(44-11-7-5-9-38(44)21-39-10-6-8-12-45(39)46)41-18-14-37-25-43(20-16-35(37)23-41)52-29-33(4)50-27-31(2)48/h5-20,22-25,30-33,47-48H,21,26-29H2,1-4H3. The first-order valence-electron chi connectivity index (χ1n) is 18.3. The minimum atomic E-state index is -0.550. The van der Waals surface area contributed by atoms with Gasteiger partial charge in [0.1, 0.15) is 24.7 Å².